The highest BCUT2D eigenvalue weighted by molar-refractivity contribution is 7.21. The van der Waals surface area contributed by atoms with Crippen LogP contribution in [0.2, 0.25) is 0 Å². The summed E-state index contributed by atoms with van der Waals surface area (Å²) in [5.41, 5.74) is 0.894. The summed E-state index contributed by atoms with van der Waals surface area (Å²) < 4.78 is 1.03. The molecule has 1 heterocycles. The summed E-state index contributed by atoms with van der Waals surface area (Å²) in [5, 5.41) is 12.3. The smallest absolute Gasteiger partial charge is 0.325 e. The Morgan fingerprint density at radius 2 is 2.00 bits per heavy atom. The predicted octanol–water partition coefficient (Wildman–Crippen LogP) is 2.41. The number of aryl methyl sites for hydroxylation is 1. The van der Waals surface area contributed by atoms with Crippen LogP contribution in [0.5, 0.6) is 0 Å². The zero-order valence-corrected chi connectivity index (χ0v) is 10.9. The number of hydrogen-bond donors (Lipinski definition) is 2. The molecule has 0 aliphatic rings. The molecule has 0 spiro atoms. The quantitative estimate of drug-likeness (QED) is 0.893. The van der Waals surface area contributed by atoms with Gasteiger partial charge in [-0.2, -0.15) is 0 Å². The van der Waals surface area contributed by atoms with Crippen LogP contribution < -0.4 is 5.32 Å². The van der Waals surface area contributed by atoms with Gasteiger partial charge in [-0.05, 0) is 30.9 Å². The maximum absolute atomic E-state index is 12.0. The van der Waals surface area contributed by atoms with E-state index < -0.39 is 12.0 Å². The van der Waals surface area contributed by atoms with Gasteiger partial charge in [-0.3, -0.25) is 9.59 Å². The number of amides is 1. The molecule has 18 heavy (non-hydrogen) atoms. The summed E-state index contributed by atoms with van der Waals surface area (Å²) in [6.45, 7) is 3.32. The van der Waals surface area contributed by atoms with Gasteiger partial charge in [0.25, 0.3) is 5.91 Å². The van der Waals surface area contributed by atoms with E-state index >= 15 is 0 Å². The average Bonchev–Trinajstić information content (AvgIpc) is 2.67. The van der Waals surface area contributed by atoms with E-state index in [1.54, 1.807) is 0 Å². The topological polar surface area (TPSA) is 66.4 Å². The third kappa shape index (κ3) is 2.22. The zero-order valence-electron chi connectivity index (χ0n) is 10.1. The van der Waals surface area contributed by atoms with Crippen molar-refractivity contribution in [1.82, 2.24) is 5.32 Å². The highest BCUT2D eigenvalue weighted by Gasteiger charge is 2.19. The number of aliphatic carboxylic acids is 1. The van der Waals surface area contributed by atoms with Gasteiger partial charge in [-0.1, -0.05) is 18.2 Å². The second-order valence-electron chi connectivity index (χ2n) is 4.09. The first-order valence-corrected chi connectivity index (χ1v) is 6.34. The molecule has 0 saturated heterocycles. The lowest BCUT2D eigenvalue weighted by atomic mass is 10.1. The van der Waals surface area contributed by atoms with E-state index in [1.165, 1.54) is 18.3 Å². The Labute approximate surface area is 108 Å². The van der Waals surface area contributed by atoms with Crippen molar-refractivity contribution in [3.05, 3.63) is 34.7 Å². The molecule has 2 aromatic rings. The van der Waals surface area contributed by atoms with Crippen molar-refractivity contribution in [2.45, 2.75) is 19.9 Å². The molecule has 0 radical (unpaired) electrons. The van der Waals surface area contributed by atoms with Crippen LogP contribution in [0.1, 0.15) is 22.2 Å². The highest BCUT2D eigenvalue weighted by atomic mass is 32.1. The third-order valence-corrected chi connectivity index (χ3v) is 4.04. The summed E-state index contributed by atoms with van der Waals surface area (Å²) in [6.07, 6.45) is 0. The van der Waals surface area contributed by atoms with Crippen molar-refractivity contribution in [1.29, 1.82) is 0 Å². The molecule has 94 valence electrons. The predicted molar refractivity (Wildman–Crippen MR) is 71.1 cm³/mol. The SMILES string of the molecule is Cc1c(C(=O)N[C@@H](C)C(=O)O)sc2ccccc12. The fourth-order valence-corrected chi connectivity index (χ4v) is 2.83. The Hall–Kier alpha value is -1.88. The van der Waals surface area contributed by atoms with Gasteiger partial charge in [-0.15, -0.1) is 11.3 Å². The van der Waals surface area contributed by atoms with E-state index in [1.807, 2.05) is 31.2 Å². The molecule has 1 aromatic carbocycles. The standard InChI is InChI=1S/C13H13NO3S/c1-7-9-5-3-4-6-10(9)18-11(7)12(15)14-8(2)13(16)17/h3-6,8H,1-2H3,(H,14,15)(H,16,17)/t8-/m0/s1. The molecule has 1 atom stereocenters. The van der Waals surface area contributed by atoms with Gasteiger partial charge < -0.3 is 10.4 Å². The van der Waals surface area contributed by atoms with Gasteiger partial charge in [0, 0.05) is 4.70 Å². The Balaban J connectivity index is 2.34. The minimum Gasteiger partial charge on any atom is -0.480 e. The lowest BCUT2D eigenvalue weighted by molar-refractivity contribution is -0.138. The van der Waals surface area contributed by atoms with Crippen LogP contribution in [0, 0.1) is 6.92 Å². The van der Waals surface area contributed by atoms with Crippen molar-refractivity contribution in [2.75, 3.05) is 0 Å². The average molecular weight is 263 g/mol. The first kappa shape index (κ1) is 12.6. The van der Waals surface area contributed by atoms with Crippen molar-refractivity contribution < 1.29 is 14.7 Å². The molecule has 0 unspecified atom stereocenters. The first-order chi connectivity index (χ1) is 8.50. The molecule has 0 saturated carbocycles. The first-order valence-electron chi connectivity index (χ1n) is 5.52. The van der Waals surface area contributed by atoms with Crippen LogP contribution in [0.3, 0.4) is 0 Å². The number of carboxylic acid groups (broad SMARTS) is 1. The molecular weight excluding hydrogens is 250 g/mol. The largest absolute Gasteiger partial charge is 0.480 e. The number of fused-ring (bicyclic) bond motifs is 1. The highest BCUT2D eigenvalue weighted by Crippen LogP contribution is 2.30. The molecule has 5 heteroatoms. The van der Waals surface area contributed by atoms with E-state index in [4.69, 9.17) is 5.11 Å². The number of carboxylic acids is 1. The van der Waals surface area contributed by atoms with Crippen LogP contribution in [0.25, 0.3) is 10.1 Å². The number of carbonyl (C=O) groups is 2. The molecule has 0 fully saturated rings. The number of hydrogen-bond acceptors (Lipinski definition) is 3. The molecule has 1 amide bonds. The van der Waals surface area contributed by atoms with Crippen molar-refractivity contribution in [2.24, 2.45) is 0 Å². The van der Waals surface area contributed by atoms with E-state index in [-0.39, 0.29) is 5.91 Å². The van der Waals surface area contributed by atoms with Crippen LogP contribution in [0.4, 0.5) is 0 Å². The van der Waals surface area contributed by atoms with Gasteiger partial charge in [0.15, 0.2) is 0 Å². The molecule has 0 aliphatic carbocycles. The van der Waals surface area contributed by atoms with Crippen molar-refractivity contribution in [3.8, 4) is 0 Å². The van der Waals surface area contributed by atoms with Crippen LogP contribution in [0.15, 0.2) is 24.3 Å². The molecular formula is C13H13NO3S. The second-order valence-corrected chi connectivity index (χ2v) is 5.14. The van der Waals surface area contributed by atoms with Crippen molar-refractivity contribution >= 4 is 33.3 Å². The second kappa shape index (κ2) is 4.78. The number of carbonyl (C=O) groups excluding carboxylic acids is 1. The number of rotatable bonds is 3. The van der Waals surface area contributed by atoms with Crippen LogP contribution in [-0.2, 0) is 4.79 Å². The lowest BCUT2D eigenvalue weighted by Gasteiger charge is -2.08. The minimum absolute atomic E-state index is 0.330. The van der Waals surface area contributed by atoms with Gasteiger partial charge in [0.2, 0.25) is 0 Å². The molecule has 0 aliphatic heterocycles. The Morgan fingerprint density at radius 3 is 2.61 bits per heavy atom. The van der Waals surface area contributed by atoms with E-state index in [9.17, 15) is 9.59 Å². The fourth-order valence-electron chi connectivity index (χ4n) is 1.71. The number of nitrogens with one attached hydrogen (secondary N) is 1. The van der Waals surface area contributed by atoms with Gasteiger partial charge in [-0.25, -0.2) is 0 Å². The van der Waals surface area contributed by atoms with E-state index in [0.717, 1.165) is 15.6 Å². The lowest BCUT2D eigenvalue weighted by Crippen LogP contribution is -2.38. The molecule has 2 rings (SSSR count). The Kier molecular flexibility index (Phi) is 3.34. The molecule has 4 nitrogen and oxygen atoms in total. The number of benzene rings is 1. The summed E-state index contributed by atoms with van der Waals surface area (Å²) in [7, 11) is 0. The van der Waals surface area contributed by atoms with Crippen molar-refractivity contribution in [3.63, 3.8) is 0 Å². The molecule has 0 bridgehead atoms. The summed E-state index contributed by atoms with van der Waals surface area (Å²) in [5.74, 6) is -1.37. The Bertz CT molecular complexity index is 618. The van der Waals surface area contributed by atoms with E-state index in [0.29, 0.717) is 4.88 Å². The van der Waals surface area contributed by atoms with Gasteiger partial charge in [0.05, 0.1) is 4.88 Å². The third-order valence-electron chi connectivity index (χ3n) is 2.77. The summed E-state index contributed by atoms with van der Waals surface area (Å²) in [4.78, 5) is 23.3. The van der Waals surface area contributed by atoms with Crippen LogP contribution >= 0.6 is 11.3 Å². The normalized spacial score (nSPS) is 12.3. The zero-order chi connectivity index (χ0) is 13.3. The van der Waals surface area contributed by atoms with E-state index in [2.05, 4.69) is 5.32 Å². The summed E-state index contributed by atoms with van der Waals surface area (Å²) in [6, 6.07) is 6.86. The van der Waals surface area contributed by atoms with Crippen LogP contribution in [-0.4, -0.2) is 23.0 Å². The number of thiophene rings is 1. The summed E-state index contributed by atoms with van der Waals surface area (Å²) >= 11 is 1.38. The maximum Gasteiger partial charge on any atom is 0.325 e. The molecule has 1 aromatic heterocycles. The van der Waals surface area contributed by atoms with Gasteiger partial charge >= 0.3 is 5.97 Å². The van der Waals surface area contributed by atoms with Gasteiger partial charge in [0.1, 0.15) is 6.04 Å². The maximum atomic E-state index is 12.0. The minimum atomic E-state index is -1.04. The Morgan fingerprint density at radius 1 is 1.33 bits per heavy atom. The monoisotopic (exact) mass is 263 g/mol. The molecule has 2 N–H and O–H groups in total. The fraction of sp³-hybridized carbons (Fsp3) is 0.231.